The van der Waals surface area contributed by atoms with E-state index < -0.39 is 5.82 Å². The highest BCUT2D eigenvalue weighted by Crippen LogP contribution is 2.31. The Morgan fingerprint density at radius 1 is 1.28 bits per heavy atom. The summed E-state index contributed by atoms with van der Waals surface area (Å²) in [6.07, 6.45) is 5.18. The normalized spacial score (nSPS) is 21.9. The smallest absolute Gasteiger partial charge is 0.229 e. The number of carbonyl (C=O) groups excluding carboxylic acids is 1. The summed E-state index contributed by atoms with van der Waals surface area (Å²) in [5.74, 6) is -1.06. The standard InChI is InChI=1S/C23H30FN7O/c1-15-12-17(6-7-20(15)31-10-8-30(2)9-11-31)28-23-27-14-19(24)22(29-23)26-13-16-4-3-5-18(16)21(25)32/h6-7,12-14,16,18H,3-5,8-11H2,1-2H3,(H2,25,32)(H,27,28,29)/t16?,18-/m0/s1. The fourth-order valence-electron chi connectivity index (χ4n) is 4.46. The molecule has 32 heavy (non-hydrogen) atoms. The molecule has 170 valence electrons. The van der Waals surface area contributed by atoms with E-state index in [4.69, 9.17) is 5.73 Å². The molecule has 2 atom stereocenters. The van der Waals surface area contributed by atoms with Crippen LogP contribution < -0.4 is 16.0 Å². The van der Waals surface area contributed by atoms with Crippen LogP contribution in [0.4, 0.5) is 27.5 Å². The van der Waals surface area contributed by atoms with E-state index in [2.05, 4.69) is 50.1 Å². The van der Waals surface area contributed by atoms with Gasteiger partial charge >= 0.3 is 0 Å². The third-order valence-electron chi connectivity index (χ3n) is 6.35. The number of likely N-dealkylation sites (N-methyl/N-ethyl adjacent to an activating group) is 1. The van der Waals surface area contributed by atoms with Gasteiger partial charge in [-0.05, 0) is 50.6 Å². The first kappa shape index (κ1) is 22.1. The van der Waals surface area contributed by atoms with E-state index >= 15 is 0 Å². The third kappa shape index (κ3) is 5.04. The molecule has 2 heterocycles. The number of hydrogen-bond donors (Lipinski definition) is 2. The van der Waals surface area contributed by atoms with Crippen molar-refractivity contribution in [2.75, 3.05) is 43.4 Å². The van der Waals surface area contributed by atoms with Crippen LogP contribution in [0.5, 0.6) is 0 Å². The number of hydrogen-bond acceptors (Lipinski definition) is 7. The second-order valence-corrected chi connectivity index (χ2v) is 8.66. The minimum atomic E-state index is -0.609. The lowest BCUT2D eigenvalue weighted by atomic mass is 9.97. The summed E-state index contributed by atoms with van der Waals surface area (Å²) < 4.78 is 14.2. The summed E-state index contributed by atoms with van der Waals surface area (Å²) in [6.45, 7) is 6.19. The van der Waals surface area contributed by atoms with Crippen LogP contribution >= 0.6 is 0 Å². The molecule has 1 aliphatic heterocycles. The Hall–Kier alpha value is -3.07. The Labute approximate surface area is 187 Å². The van der Waals surface area contributed by atoms with Crippen LogP contribution in [-0.2, 0) is 4.79 Å². The zero-order valence-corrected chi connectivity index (χ0v) is 18.6. The summed E-state index contributed by atoms with van der Waals surface area (Å²) in [5, 5.41) is 3.14. The molecule has 9 heteroatoms. The molecule has 1 aromatic heterocycles. The number of aliphatic imine (C=N–C) groups is 1. The van der Waals surface area contributed by atoms with Crippen LogP contribution in [0.2, 0.25) is 0 Å². The molecular weight excluding hydrogens is 409 g/mol. The van der Waals surface area contributed by atoms with E-state index in [1.165, 1.54) is 5.69 Å². The number of nitrogens with two attached hydrogens (primary N) is 1. The maximum atomic E-state index is 14.2. The summed E-state index contributed by atoms with van der Waals surface area (Å²) in [4.78, 5) is 28.8. The van der Waals surface area contributed by atoms with Gasteiger partial charge in [0.1, 0.15) is 0 Å². The number of carbonyl (C=O) groups is 1. The van der Waals surface area contributed by atoms with Gasteiger partial charge in [-0.25, -0.2) is 14.4 Å². The number of amides is 1. The lowest BCUT2D eigenvalue weighted by molar-refractivity contribution is -0.122. The van der Waals surface area contributed by atoms with Crippen LogP contribution in [0, 0.1) is 24.6 Å². The average Bonchev–Trinajstić information content (AvgIpc) is 3.24. The number of anilines is 3. The monoisotopic (exact) mass is 439 g/mol. The Morgan fingerprint density at radius 3 is 2.78 bits per heavy atom. The molecular formula is C23H30FN7O. The second kappa shape index (κ2) is 9.60. The predicted octanol–water partition coefficient (Wildman–Crippen LogP) is 3.02. The van der Waals surface area contributed by atoms with Crippen molar-refractivity contribution in [1.29, 1.82) is 0 Å². The first-order valence-electron chi connectivity index (χ1n) is 11.1. The number of halogens is 1. The van der Waals surface area contributed by atoms with E-state index in [-0.39, 0.29) is 29.5 Å². The number of nitrogens with zero attached hydrogens (tertiary/aromatic N) is 5. The van der Waals surface area contributed by atoms with Crippen molar-refractivity contribution in [2.45, 2.75) is 26.2 Å². The van der Waals surface area contributed by atoms with E-state index in [9.17, 15) is 9.18 Å². The van der Waals surface area contributed by atoms with Crippen LogP contribution in [0.15, 0.2) is 29.4 Å². The van der Waals surface area contributed by atoms with E-state index in [1.54, 1.807) is 6.21 Å². The number of rotatable bonds is 6. The molecule has 1 aliphatic carbocycles. The molecule has 2 aromatic rings. The molecule has 0 radical (unpaired) electrons. The highest BCUT2D eigenvalue weighted by atomic mass is 19.1. The Balaban J connectivity index is 1.46. The fraction of sp³-hybridized carbons (Fsp3) is 0.478. The van der Waals surface area contributed by atoms with Gasteiger partial charge < -0.3 is 20.9 Å². The molecule has 1 saturated carbocycles. The SMILES string of the molecule is Cc1cc(Nc2ncc(F)c(N=CC3CCC[C@@H]3C(N)=O)n2)ccc1N1CCN(C)CC1. The molecule has 3 N–H and O–H groups in total. The summed E-state index contributed by atoms with van der Waals surface area (Å²) in [7, 11) is 2.14. The molecule has 1 unspecified atom stereocenters. The first-order chi connectivity index (χ1) is 15.4. The number of piperazine rings is 1. The van der Waals surface area contributed by atoms with Gasteiger partial charge in [-0.15, -0.1) is 0 Å². The summed E-state index contributed by atoms with van der Waals surface area (Å²) in [6, 6.07) is 6.11. The van der Waals surface area contributed by atoms with Crippen molar-refractivity contribution in [3.8, 4) is 0 Å². The van der Waals surface area contributed by atoms with Gasteiger partial charge in [0.05, 0.1) is 6.20 Å². The number of aryl methyl sites for hydroxylation is 1. The number of primary amides is 1. The number of aromatic nitrogens is 2. The van der Waals surface area contributed by atoms with Crippen LogP contribution in [-0.4, -0.2) is 60.2 Å². The first-order valence-corrected chi connectivity index (χ1v) is 11.1. The lowest BCUT2D eigenvalue weighted by Gasteiger charge is -2.35. The Morgan fingerprint density at radius 2 is 2.06 bits per heavy atom. The van der Waals surface area contributed by atoms with Crippen LogP contribution in [0.25, 0.3) is 0 Å². The average molecular weight is 440 g/mol. The van der Waals surface area contributed by atoms with Crippen LogP contribution in [0.1, 0.15) is 24.8 Å². The van der Waals surface area contributed by atoms with Crippen molar-refractivity contribution in [2.24, 2.45) is 22.6 Å². The minimum absolute atomic E-state index is 0.0524. The van der Waals surface area contributed by atoms with Gasteiger partial charge in [-0.1, -0.05) is 6.42 Å². The molecule has 0 spiro atoms. The predicted molar refractivity (Wildman–Crippen MR) is 124 cm³/mol. The van der Waals surface area contributed by atoms with E-state index in [0.29, 0.717) is 0 Å². The van der Waals surface area contributed by atoms with Gasteiger partial charge in [0.2, 0.25) is 11.9 Å². The summed E-state index contributed by atoms with van der Waals surface area (Å²) in [5.41, 5.74) is 8.65. The molecule has 8 nitrogen and oxygen atoms in total. The maximum absolute atomic E-state index is 14.2. The Bertz CT molecular complexity index is 1000. The van der Waals surface area contributed by atoms with Crippen molar-refractivity contribution < 1.29 is 9.18 Å². The zero-order valence-electron chi connectivity index (χ0n) is 18.6. The highest BCUT2D eigenvalue weighted by Gasteiger charge is 2.30. The molecule has 2 aliphatic rings. The molecule has 1 saturated heterocycles. The highest BCUT2D eigenvalue weighted by molar-refractivity contribution is 5.82. The Kier molecular flexibility index (Phi) is 6.64. The van der Waals surface area contributed by atoms with Crippen molar-refractivity contribution in [1.82, 2.24) is 14.9 Å². The minimum Gasteiger partial charge on any atom is -0.369 e. The molecule has 0 bridgehead atoms. The van der Waals surface area contributed by atoms with Crippen LogP contribution in [0.3, 0.4) is 0 Å². The number of benzene rings is 1. The van der Waals surface area contributed by atoms with Gasteiger partial charge in [-0.2, -0.15) is 4.98 Å². The van der Waals surface area contributed by atoms with E-state index in [0.717, 1.165) is 62.9 Å². The number of nitrogens with one attached hydrogen (secondary N) is 1. The topological polar surface area (TPSA) is 99.7 Å². The zero-order chi connectivity index (χ0) is 22.7. The molecule has 1 amide bonds. The lowest BCUT2D eigenvalue weighted by Crippen LogP contribution is -2.44. The van der Waals surface area contributed by atoms with Crippen molar-refractivity contribution in [3.63, 3.8) is 0 Å². The fourth-order valence-corrected chi connectivity index (χ4v) is 4.46. The quantitative estimate of drug-likeness (QED) is 0.671. The van der Waals surface area contributed by atoms with Gasteiger partial charge in [0.15, 0.2) is 11.6 Å². The third-order valence-corrected chi connectivity index (χ3v) is 6.35. The maximum Gasteiger partial charge on any atom is 0.229 e. The van der Waals surface area contributed by atoms with Crippen molar-refractivity contribution in [3.05, 3.63) is 35.8 Å². The molecule has 4 rings (SSSR count). The van der Waals surface area contributed by atoms with Crippen molar-refractivity contribution >= 4 is 35.3 Å². The van der Waals surface area contributed by atoms with E-state index in [1.807, 2.05) is 12.1 Å². The van der Waals surface area contributed by atoms with Gasteiger partial charge in [0.25, 0.3) is 0 Å². The molecule has 2 fully saturated rings. The second-order valence-electron chi connectivity index (χ2n) is 8.66. The van der Waals surface area contributed by atoms with Gasteiger partial charge in [-0.3, -0.25) is 4.79 Å². The summed E-state index contributed by atoms with van der Waals surface area (Å²) >= 11 is 0. The largest absolute Gasteiger partial charge is 0.369 e. The molecule has 1 aromatic carbocycles. The van der Waals surface area contributed by atoms with Gasteiger partial charge in [0, 0.05) is 55.6 Å².